The predicted molar refractivity (Wildman–Crippen MR) is 130 cm³/mol. The highest BCUT2D eigenvalue weighted by Crippen LogP contribution is 2.34. The van der Waals surface area contributed by atoms with Gasteiger partial charge >= 0.3 is 0 Å². The lowest BCUT2D eigenvalue weighted by molar-refractivity contribution is -0.121. The van der Waals surface area contributed by atoms with Gasteiger partial charge < -0.3 is 15.6 Å². The van der Waals surface area contributed by atoms with Gasteiger partial charge in [0.2, 0.25) is 11.7 Å². The number of thioether (sulfide) groups is 1. The highest BCUT2D eigenvalue weighted by atomic mass is 32.2. The van der Waals surface area contributed by atoms with Gasteiger partial charge in [0.1, 0.15) is 23.0 Å². The van der Waals surface area contributed by atoms with E-state index in [1.54, 1.807) is 0 Å². The zero-order chi connectivity index (χ0) is 23.2. The van der Waals surface area contributed by atoms with Crippen LogP contribution in [0.4, 0.5) is 5.82 Å². The lowest BCUT2D eigenvalue weighted by Gasteiger charge is -2.07. The molecule has 3 N–H and O–H groups in total. The zero-order valence-corrected chi connectivity index (χ0v) is 19.4. The summed E-state index contributed by atoms with van der Waals surface area (Å²) in [6, 6.07) is 18.0. The van der Waals surface area contributed by atoms with Gasteiger partial charge in [-0.2, -0.15) is 10.1 Å². The first-order valence-electron chi connectivity index (χ1n) is 10.7. The molecule has 0 saturated heterocycles. The molecule has 2 heterocycles. The molecule has 0 unspecified atom stereocenters. The van der Waals surface area contributed by atoms with Gasteiger partial charge in [-0.05, 0) is 31.6 Å². The van der Waals surface area contributed by atoms with Crippen molar-refractivity contribution in [3.05, 3.63) is 65.7 Å². The maximum Gasteiger partial charge on any atom is 0.264 e. The van der Waals surface area contributed by atoms with E-state index in [-0.39, 0.29) is 18.3 Å². The minimum absolute atomic E-state index is 0.0175. The molecule has 0 atom stereocenters. The van der Waals surface area contributed by atoms with Crippen LogP contribution in [0.3, 0.4) is 0 Å². The Labute approximate surface area is 196 Å². The topological polar surface area (TPSA) is 112 Å². The predicted octanol–water partition coefficient (Wildman–Crippen LogP) is 3.96. The molecule has 0 aliphatic carbocycles. The van der Waals surface area contributed by atoms with Gasteiger partial charge in [-0.15, -0.1) is 11.8 Å². The van der Waals surface area contributed by atoms with E-state index in [0.717, 1.165) is 24.0 Å². The molecular weight excluding hydrogens is 436 g/mol. The van der Waals surface area contributed by atoms with Crippen molar-refractivity contribution in [1.29, 1.82) is 0 Å². The van der Waals surface area contributed by atoms with Crippen LogP contribution in [0.2, 0.25) is 0 Å². The molecule has 1 amide bonds. The van der Waals surface area contributed by atoms with E-state index in [1.807, 2.05) is 55.6 Å². The first kappa shape index (κ1) is 22.6. The molecule has 33 heavy (non-hydrogen) atoms. The van der Waals surface area contributed by atoms with Crippen LogP contribution in [-0.2, 0) is 17.8 Å². The number of benzene rings is 2. The molecular formula is C24H26N6O2S. The number of nitrogen functional groups attached to an aromatic ring is 1. The molecule has 0 bridgehead atoms. The molecule has 9 heteroatoms. The van der Waals surface area contributed by atoms with Gasteiger partial charge in [0, 0.05) is 12.1 Å². The number of aryl methyl sites for hydroxylation is 2. The third kappa shape index (κ3) is 5.43. The lowest BCUT2D eigenvalue weighted by Crippen LogP contribution is -2.29. The largest absolute Gasteiger partial charge is 0.383 e. The Morgan fingerprint density at radius 1 is 1.15 bits per heavy atom. The van der Waals surface area contributed by atoms with Crippen molar-refractivity contribution in [2.24, 2.45) is 0 Å². The summed E-state index contributed by atoms with van der Waals surface area (Å²) in [5.41, 5.74) is 10.1. The van der Waals surface area contributed by atoms with E-state index in [0.29, 0.717) is 28.8 Å². The Morgan fingerprint density at radius 2 is 1.91 bits per heavy atom. The number of nitrogens with zero attached hydrogens (tertiary/aromatic N) is 4. The molecule has 4 aromatic rings. The van der Waals surface area contributed by atoms with Crippen LogP contribution in [0.5, 0.6) is 0 Å². The number of nitrogens with one attached hydrogen (secondary N) is 1. The molecule has 8 nitrogen and oxygen atoms in total. The normalized spacial score (nSPS) is 11.0. The van der Waals surface area contributed by atoms with E-state index >= 15 is 0 Å². The Kier molecular flexibility index (Phi) is 7.09. The summed E-state index contributed by atoms with van der Waals surface area (Å²) in [6.07, 6.45) is 3.65. The van der Waals surface area contributed by atoms with E-state index in [4.69, 9.17) is 10.3 Å². The van der Waals surface area contributed by atoms with Gasteiger partial charge in [0.15, 0.2) is 0 Å². The van der Waals surface area contributed by atoms with Crippen molar-refractivity contribution < 1.29 is 9.32 Å². The Balaban J connectivity index is 1.42. The highest BCUT2D eigenvalue weighted by molar-refractivity contribution is 7.98. The maximum atomic E-state index is 12.5. The Morgan fingerprint density at radius 3 is 2.64 bits per heavy atom. The molecule has 0 fully saturated rings. The molecule has 2 aromatic carbocycles. The zero-order valence-electron chi connectivity index (χ0n) is 18.6. The fourth-order valence-corrected chi connectivity index (χ4v) is 3.99. The summed E-state index contributed by atoms with van der Waals surface area (Å²) < 4.78 is 6.97. The minimum Gasteiger partial charge on any atom is -0.383 e. The number of amides is 1. The number of aromatic nitrogens is 4. The summed E-state index contributed by atoms with van der Waals surface area (Å²) in [5, 5.41) is 12.1. The van der Waals surface area contributed by atoms with Gasteiger partial charge in [0.25, 0.3) is 5.89 Å². The van der Waals surface area contributed by atoms with Crippen LogP contribution in [-0.4, -0.2) is 38.6 Å². The average molecular weight is 463 g/mol. The second kappa shape index (κ2) is 10.4. The maximum absolute atomic E-state index is 12.5. The Hall–Kier alpha value is -3.59. The van der Waals surface area contributed by atoms with Gasteiger partial charge in [-0.25, -0.2) is 4.68 Å². The van der Waals surface area contributed by atoms with Crippen LogP contribution < -0.4 is 11.1 Å². The summed E-state index contributed by atoms with van der Waals surface area (Å²) >= 11 is 1.41. The van der Waals surface area contributed by atoms with Gasteiger partial charge in [-0.1, -0.05) is 65.3 Å². The number of carbonyl (C=O) groups is 1. The SMILES string of the molecule is CSc1nn(CC(=O)NCCCc2ccccc2)c(N)c1-c1nc(-c2ccc(C)cc2)no1. The van der Waals surface area contributed by atoms with Crippen LogP contribution in [0.15, 0.2) is 64.1 Å². The van der Waals surface area contributed by atoms with Gasteiger partial charge in [0.05, 0.1) is 0 Å². The first-order chi connectivity index (χ1) is 16.0. The third-order valence-electron chi connectivity index (χ3n) is 5.20. The summed E-state index contributed by atoms with van der Waals surface area (Å²) in [7, 11) is 0. The highest BCUT2D eigenvalue weighted by Gasteiger charge is 2.23. The molecule has 2 aromatic heterocycles. The van der Waals surface area contributed by atoms with Crippen molar-refractivity contribution >= 4 is 23.5 Å². The van der Waals surface area contributed by atoms with E-state index < -0.39 is 0 Å². The average Bonchev–Trinajstić information content (AvgIpc) is 3.42. The monoisotopic (exact) mass is 462 g/mol. The molecule has 0 saturated carbocycles. The summed E-state index contributed by atoms with van der Waals surface area (Å²) in [4.78, 5) is 17.0. The van der Waals surface area contributed by atoms with Crippen LogP contribution in [0, 0.1) is 6.92 Å². The molecule has 0 spiro atoms. The fraction of sp³-hybridized carbons (Fsp3) is 0.250. The fourth-order valence-electron chi connectivity index (χ4n) is 3.42. The second-order valence-electron chi connectivity index (χ2n) is 7.66. The molecule has 4 rings (SSSR count). The number of rotatable bonds is 9. The number of carbonyl (C=O) groups excluding carboxylic acids is 1. The van der Waals surface area contributed by atoms with E-state index in [9.17, 15) is 4.79 Å². The number of hydrogen-bond donors (Lipinski definition) is 2. The summed E-state index contributed by atoms with van der Waals surface area (Å²) in [6.45, 7) is 2.62. The van der Waals surface area contributed by atoms with Gasteiger partial charge in [-0.3, -0.25) is 4.79 Å². The van der Waals surface area contributed by atoms with Crippen molar-refractivity contribution in [2.75, 3.05) is 18.5 Å². The van der Waals surface area contributed by atoms with E-state index in [2.05, 4.69) is 32.7 Å². The number of anilines is 1. The second-order valence-corrected chi connectivity index (χ2v) is 8.45. The third-order valence-corrected chi connectivity index (χ3v) is 5.88. The van der Waals surface area contributed by atoms with Crippen LogP contribution >= 0.6 is 11.8 Å². The Bertz CT molecular complexity index is 1220. The number of hydrogen-bond acceptors (Lipinski definition) is 7. The molecule has 170 valence electrons. The summed E-state index contributed by atoms with van der Waals surface area (Å²) in [5.74, 6) is 0.919. The van der Waals surface area contributed by atoms with Crippen molar-refractivity contribution in [1.82, 2.24) is 25.2 Å². The van der Waals surface area contributed by atoms with Crippen molar-refractivity contribution in [3.8, 4) is 22.8 Å². The first-order valence-corrected chi connectivity index (χ1v) is 11.9. The standard InChI is InChI=1S/C24H26N6O2S/c1-16-10-12-18(13-11-16)22-27-23(32-29-22)20-21(25)30(28-24(20)33-2)15-19(31)26-14-6-9-17-7-4-3-5-8-17/h3-5,7-8,10-13H,6,9,14-15,25H2,1-2H3,(H,26,31). The van der Waals surface area contributed by atoms with Crippen LogP contribution in [0.1, 0.15) is 17.5 Å². The molecule has 0 aliphatic rings. The molecule has 0 aliphatic heterocycles. The minimum atomic E-state index is -0.151. The van der Waals surface area contributed by atoms with Crippen LogP contribution in [0.25, 0.3) is 22.8 Å². The van der Waals surface area contributed by atoms with Crippen molar-refractivity contribution in [3.63, 3.8) is 0 Å². The van der Waals surface area contributed by atoms with Crippen molar-refractivity contribution in [2.45, 2.75) is 31.3 Å². The van der Waals surface area contributed by atoms with E-state index in [1.165, 1.54) is 22.0 Å². The number of nitrogens with two attached hydrogens (primary N) is 1. The smallest absolute Gasteiger partial charge is 0.264 e. The molecule has 0 radical (unpaired) electrons. The quantitative estimate of drug-likeness (QED) is 0.286. The lowest BCUT2D eigenvalue weighted by atomic mass is 10.1.